The smallest absolute Gasteiger partial charge is 0.351 e. The molecule has 2 fully saturated rings. The number of hydrogen-bond acceptors (Lipinski definition) is 9. The van der Waals surface area contributed by atoms with Crippen molar-refractivity contribution in [2.45, 2.75) is 50.8 Å². The maximum atomic E-state index is 12.3. The molecule has 0 aromatic carbocycles. The van der Waals surface area contributed by atoms with Crippen molar-refractivity contribution in [1.82, 2.24) is 9.55 Å². The molecule has 0 spiro atoms. The number of rotatable bonds is 4. The number of aliphatic hydroxyl groups excluding tert-OH is 2. The average molecular weight is 343 g/mol. The summed E-state index contributed by atoms with van der Waals surface area (Å²) in [6.07, 6.45) is -1.29. The fourth-order valence-electron chi connectivity index (χ4n) is 3.11. The van der Waals surface area contributed by atoms with Crippen LogP contribution in [0.2, 0.25) is 0 Å². The van der Waals surface area contributed by atoms with Crippen LogP contribution in [0.25, 0.3) is 0 Å². The molecule has 2 aliphatic rings. The summed E-state index contributed by atoms with van der Waals surface area (Å²) >= 11 is 0. The zero-order valence-electron chi connectivity index (χ0n) is 13.6. The molecule has 10 heteroatoms. The molecule has 0 saturated carbocycles. The first-order valence-corrected chi connectivity index (χ1v) is 7.55. The third-order valence-electron chi connectivity index (χ3n) is 4.06. The van der Waals surface area contributed by atoms with E-state index in [1.807, 2.05) is 0 Å². The average Bonchev–Trinajstić information content (AvgIpc) is 2.99. The van der Waals surface area contributed by atoms with Crippen LogP contribution in [0.3, 0.4) is 0 Å². The molecule has 2 saturated heterocycles. The van der Waals surface area contributed by atoms with Gasteiger partial charge in [0.15, 0.2) is 17.8 Å². The Morgan fingerprint density at radius 2 is 2.00 bits per heavy atom. The van der Waals surface area contributed by atoms with E-state index in [4.69, 9.17) is 14.2 Å². The summed E-state index contributed by atoms with van der Waals surface area (Å²) in [5.41, 5.74) is -0.441. The number of aromatic nitrogens is 2. The van der Waals surface area contributed by atoms with Crippen LogP contribution in [0.1, 0.15) is 25.6 Å². The van der Waals surface area contributed by atoms with Gasteiger partial charge in [0, 0.05) is 18.8 Å². The van der Waals surface area contributed by atoms with E-state index in [0.29, 0.717) is 5.06 Å². The first kappa shape index (κ1) is 17.3. The summed E-state index contributed by atoms with van der Waals surface area (Å²) in [6.45, 7) is 2.76. The van der Waals surface area contributed by atoms with Gasteiger partial charge in [0.05, 0.1) is 13.2 Å². The van der Waals surface area contributed by atoms with E-state index < -0.39 is 42.6 Å². The third-order valence-corrected chi connectivity index (χ3v) is 4.06. The lowest BCUT2D eigenvalue weighted by molar-refractivity contribution is -0.200. The molecule has 4 atom stereocenters. The number of nitrogens with zero attached hydrogens (tertiary/aromatic N) is 3. The Morgan fingerprint density at radius 3 is 2.58 bits per heavy atom. The maximum absolute atomic E-state index is 12.3. The van der Waals surface area contributed by atoms with E-state index in [1.165, 1.54) is 17.8 Å². The molecule has 2 aliphatic heterocycles. The minimum Gasteiger partial charge on any atom is -0.394 e. The number of fused-ring (bicyclic) bond motifs is 1. The molecule has 0 aliphatic carbocycles. The lowest BCUT2D eigenvalue weighted by Crippen LogP contribution is -2.36. The predicted molar refractivity (Wildman–Crippen MR) is 79.4 cm³/mol. The van der Waals surface area contributed by atoms with Gasteiger partial charge in [-0.25, -0.2) is 9.86 Å². The summed E-state index contributed by atoms with van der Waals surface area (Å²) in [4.78, 5) is 16.1. The molecule has 0 unspecified atom stereocenters. The molecule has 10 nitrogen and oxygen atoms in total. The van der Waals surface area contributed by atoms with Crippen LogP contribution in [0.5, 0.6) is 0 Å². The molecule has 1 aromatic rings. The van der Waals surface area contributed by atoms with Crippen LogP contribution in [0.15, 0.2) is 11.0 Å². The zero-order valence-corrected chi connectivity index (χ0v) is 13.6. The number of aliphatic hydroxyl groups is 2. The van der Waals surface area contributed by atoms with E-state index in [1.54, 1.807) is 13.8 Å². The highest BCUT2D eigenvalue weighted by molar-refractivity contribution is 5.41. The van der Waals surface area contributed by atoms with Crippen molar-refractivity contribution in [2.24, 2.45) is 0 Å². The Hall–Kier alpha value is -1.56. The molecular weight excluding hydrogens is 322 g/mol. The van der Waals surface area contributed by atoms with Crippen molar-refractivity contribution in [1.29, 1.82) is 0 Å². The minimum absolute atomic E-state index is 0.0454. The molecule has 1 aromatic heterocycles. The van der Waals surface area contributed by atoms with Crippen LogP contribution in [0.4, 0.5) is 5.82 Å². The summed E-state index contributed by atoms with van der Waals surface area (Å²) in [7, 11) is 1.30. The van der Waals surface area contributed by atoms with Gasteiger partial charge in [-0.15, -0.1) is 0 Å². The largest absolute Gasteiger partial charge is 0.394 e. The van der Waals surface area contributed by atoms with Gasteiger partial charge in [-0.3, -0.25) is 9.77 Å². The zero-order chi connectivity index (χ0) is 17.6. The van der Waals surface area contributed by atoms with Crippen LogP contribution in [0, 0.1) is 0 Å². The molecular formula is C14H21N3O7. The normalized spacial score (nSPS) is 31.2. The lowest BCUT2D eigenvalue weighted by atomic mass is 10.1. The Morgan fingerprint density at radius 1 is 1.33 bits per heavy atom. The quantitative estimate of drug-likeness (QED) is 0.588. The van der Waals surface area contributed by atoms with E-state index in [9.17, 15) is 20.2 Å². The van der Waals surface area contributed by atoms with Gasteiger partial charge in [0.1, 0.15) is 18.3 Å². The van der Waals surface area contributed by atoms with Gasteiger partial charge in [0.2, 0.25) is 0 Å². The monoisotopic (exact) mass is 343 g/mol. The minimum atomic E-state index is -0.868. The van der Waals surface area contributed by atoms with Crippen molar-refractivity contribution in [3.63, 3.8) is 0 Å². The first-order valence-electron chi connectivity index (χ1n) is 7.55. The standard InChI is InChI=1S/C14H21N3O7/c1-14(2)23-9-8(6-19)22-12(10(9)24-14)17-4-7(5-18)11(16(3)21)15-13(17)20/h4,8-10,12,18-19,21H,5-6H2,1-3H3/t8-,9-,10-,12-/m1/s1. The van der Waals surface area contributed by atoms with Gasteiger partial charge in [0.25, 0.3) is 0 Å². The number of hydrogen-bond donors (Lipinski definition) is 3. The van der Waals surface area contributed by atoms with Crippen LogP contribution in [-0.4, -0.2) is 62.7 Å². The maximum Gasteiger partial charge on any atom is 0.351 e. The van der Waals surface area contributed by atoms with E-state index in [0.717, 1.165) is 0 Å². The molecule has 0 amide bonds. The highest BCUT2D eigenvalue weighted by atomic mass is 16.8. The second-order valence-electron chi connectivity index (χ2n) is 6.27. The van der Waals surface area contributed by atoms with Gasteiger partial charge >= 0.3 is 5.69 Å². The number of ether oxygens (including phenoxy) is 3. The molecule has 3 rings (SSSR count). The van der Waals surface area contributed by atoms with Gasteiger partial charge < -0.3 is 24.4 Å². The van der Waals surface area contributed by atoms with E-state index in [-0.39, 0.29) is 18.0 Å². The summed E-state index contributed by atoms with van der Waals surface area (Å²) < 4.78 is 18.4. The highest BCUT2D eigenvalue weighted by Crippen LogP contribution is 2.42. The molecule has 0 radical (unpaired) electrons. The van der Waals surface area contributed by atoms with E-state index >= 15 is 0 Å². The SMILES string of the molecule is CN(O)c1nc(=O)n([C@@H]2O[C@H](CO)[C@H]3OC(C)(C)O[C@H]32)cc1CO. The molecule has 3 N–H and O–H groups in total. The molecule has 24 heavy (non-hydrogen) atoms. The predicted octanol–water partition coefficient (Wildman–Crippen LogP) is -1.03. The highest BCUT2D eigenvalue weighted by Gasteiger charge is 2.56. The van der Waals surface area contributed by atoms with Crippen LogP contribution < -0.4 is 10.8 Å². The van der Waals surface area contributed by atoms with Gasteiger partial charge in [-0.05, 0) is 13.8 Å². The lowest BCUT2D eigenvalue weighted by Gasteiger charge is -2.25. The Labute approximate surface area is 137 Å². The fraction of sp³-hybridized carbons (Fsp3) is 0.714. The second-order valence-corrected chi connectivity index (χ2v) is 6.27. The molecule has 3 heterocycles. The Balaban J connectivity index is 2.01. The number of hydroxylamine groups is 1. The van der Waals surface area contributed by atoms with Crippen molar-refractivity contribution in [3.8, 4) is 0 Å². The topological polar surface area (TPSA) is 127 Å². The van der Waals surface area contributed by atoms with Crippen molar-refractivity contribution >= 4 is 5.82 Å². The van der Waals surface area contributed by atoms with Crippen molar-refractivity contribution in [2.75, 3.05) is 18.7 Å². The third kappa shape index (κ3) is 2.81. The Bertz CT molecular complexity index is 675. The first-order chi connectivity index (χ1) is 11.3. The van der Waals surface area contributed by atoms with E-state index in [2.05, 4.69) is 4.98 Å². The summed E-state index contributed by atoms with van der Waals surface area (Å²) in [5.74, 6) is -0.914. The van der Waals surface area contributed by atoms with Crippen LogP contribution >= 0.6 is 0 Å². The van der Waals surface area contributed by atoms with Crippen molar-refractivity contribution < 1.29 is 29.6 Å². The molecule has 134 valence electrons. The van der Waals surface area contributed by atoms with Crippen molar-refractivity contribution in [3.05, 3.63) is 22.2 Å². The Kier molecular flexibility index (Phi) is 4.36. The molecule has 0 bridgehead atoms. The van der Waals surface area contributed by atoms with Gasteiger partial charge in [-0.2, -0.15) is 4.98 Å². The van der Waals surface area contributed by atoms with Gasteiger partial charge in [-0.1, -0.05) is 0 Å². The summed E-state index contributed by atoms with van der Waals surface area (Å²) in [5, 5.41) is 29.1. The number of anilines is 1. The summed E-state index contributed by atoms with van der Waals surface area (Å²) in [6, 6.07) is 0. The van der Waals surface area contributed by atoms with Crippen LogP contribution in [-0.2, 0) is 20.8 Å². The fourth-order valence-corrected chi connectivity index (χ4v) is 3.11. The second kappa shape index (κ2) is 6.06.